The van der Waals surface area contributed by atoms with Crippen LogP contribution in [0.15, 0.2) is 18.2 Å². The number of nitrogen functional groups attached to an aromatic ring is 1. The van der Waals surface area contributed by atoms with Gasteiger partial charge in [0.2, 0.25) is 0 Å². The molecule has 2 N–H and O–H groups in total. The van der Waals surface area contributed by atoms with E-state index >= 15 is 0 Å². The van der Waals surface area contributed by atoms with E-state index < -0.39 is 0 Å². The maximum absolute atomic E-state index is 5.96. The van der Waals surface area contributed by atoms with Gasteiger partial charge in [0.05, 0.1) is 12.1 Å². The average Bonchev–Trinajstić information content (AvgIpc) is 2.81. The molecule has 0 radical (unpaired) electrons. The van der Waals surface area contributed by atoms with Gasteiger partial charge in [-0.2, -0.15) is 0 Å². The van der Waals surface area contributed by atoms with Crippen LogP contribution < -0.4 is 5.73 Å². The van der Waals surface area contributed by atoms with Gasteiger partial charge < -0.3 is 10.5 Å². The van der Waals surface area contributed by atoms with E-state index in [0.717, 1.165) is 29.8 Å². The largest absolute Gasteiger partial charge is 0.383 e. The molecule has 5 heteroatoms. The number of nitrogens with zero attached hydrogens (tertiary/aromatic N) is 2. The zero-order chi connectivity index (χ0) is 11.8. The lowest BCUT2D eigenvalue weighted by Gasteiger charge is -2.09. The van der Waals surface area contributed by atoms with Gasteiger partial charge in [0.15, 0.2) is 0 Å². The first kappa shape index (κ1) is 10.7. The van der Waals surface area contributed by atoms with Gasteiger partial charge in [-0.3, -0.25) is 0 Å². The summed E-state index contributed by atoms with van der Waals surface area (Å²) in [6.45, 7) is 1.44. The SMILES string of the molecule is Nc1nc(C2CCOC2)nc2cc(Cl)ccc12. The summed E-state index contributed by atoms with van der Waals surface area (Å²) in [7, 11) is 0. The fourth-order valence-corrected chi connectivity index (χ4v) is 2.23. The Morgan fingerprint density at radius 2 is 2.24 bits per heavy atom. The zero-order valence-corrected chi connectivity index (χ0v) is 9.94. The van der Waals surface area contributed by atoms with Crippen LogP contribution in [-0.2, 0) is 4.74 Å². The first-order valence-corrected chi connectivity index (χ1v) is 5.92. The minimum absolute atomic E-state index is 0.251. The van der Waals surface area contributed by atoms with E-state index in [1.807, 2.05) is 12.1 Å². The molecule has 0 spiro atoms. The molecule has 1 aliphatic heterocycles. The predicted octanol–water partition coefficient (Wildman–Crippen LogP) is 2.37. The Morgan fingerprint density at radius 1 is 1.35 bits per heavy atom. The molecule has 1 aromatic heterocycles. The number of hydrogen-bond acceptors (Lipinski definition) is 4. The van der Waals surface area contributed by atoms with E-state index in [0.29, 0.717) is 17.4 Å². The number of ether oxygens (including phenoxy) is 1. The lowest BCUT2D eigenvalue weighted by Crippen LogP contribution is -2.07. The number of hydrogen-bond donors (Lipinski definition) is 1. The minimum atomic E-state index is 0.251. The summed E-state index contributed by atoms with van der Waals surface area (Å²) in [5, 5.41) is 1.50. The first-order chi connectivity index (χ1) is 8.24. The molecule has 1 unspecified atom stereocenters. The molecule has 4 nitrogen and oxygen atoms in total. The lowest BCUT2D eigenvalue weighted by molar-refractivity contribution is 0.193. The van der Waals surface area contributed by atoms with Gasteiger partial charge >= 0.3 is 0 Å². The topological polar surface area (TPSA) is 61.0 Å². The van der Waals surface area contributed by atoms with Crippen LogP contribution in [0.1, 0.15) is 18.2 Å². The van der Waals surface area contributed by atoms with Crippen LogP contribution in [0.25, 0.3) is 10.9 Å². The normalized spacial score (nSPS) is 19.9. The predicted molar refractivity (Wildman–Crippen MR) is 67.1 cm³/mol. The molecule has 2 heterocycles. The molecule has 0 aliphatic carbocycles. The van der Waals surface area contributed by atoms with E-state index in [4.69, 9.17) is 22.1 Å². The second-order valence-corrected chi connectivity index (χ2v) is 4.63. The fraction of sp³-hybridized carbons (Fsp3) is 0.333. The van der Waals surface area contributed by atoms with Crippen molar-refractivity contribution in [2.24, 2.45) is 0 Å². The molecule has 3 rings (SSSR count). The summed E-state index contributed by atoms with van der Waals surface area (Å²) in [6, 6.07) is 5.46. The fourth-order valence-electron chi connectivity index (χ4n) is 2.07. The van der Waals surface area contributed by atoms with E-state index in [1.54, 1.807) is 6.07 Å². The van der Waals surface area contributed by atoms with Crippen LogP contribution in [0.5, 0.6) is 0 Å². The molecule has 0 amide bonds. The van der Waals surface area contributed by atoms with Crippen LogP contribution in [-0.4, -0.2) is 23.2 Å². The maximum atomic E-state index is 5.96. The summed E-state index contributed by atoms with van der Waals surface area (Å²) in [6.07, 6.45) is 0.950. The molecule has 1 saturated heterocycles. The van der Waals surface area contributed by atoms with Crippen molar-refractivity contribution >= 4 is 28.3 Å². The summed E-state index contributed by atoms with van der Waals surface area (Å²) < 4.78 is 5.34. The van der Waals surface area contributed by atoms with Crippen LogP contribution >= 0.6 is 11.6 Å². The van der Waals surface area contributed by atoms with Gasteiger partial charge in [-0.05, 0) is 24.6 Å². The molecule has 0 saturated carbocycles. The molecular weight excluding hydrogens is 238 g/mol. The number of nitrogens with two attached hydrogens (primary N) is 1. The third-order valence-corrected chi connectivity index (χ3v) is 3.24. The molecular formula is C12H12ClN3O. The van der Waals surface area contributed by atoms with Crippen molar-refractivity contribution in [1.29, 1.82) is 0 Å². The summed E-state index contributed by atoms with van der Waals surface area (Å²) in [5.41, 5.74) is 6.74. The van der Waals surface area contributed by atoms with E-state index in [1.165, 1.54) is 0 Å². The minimum Gasteiger partial charge on any atom is -0.383 e. The van der Waals surface area contributed by atoms with Crippen molar-refractivity contribution < 1.29 is 4.74 Å². The number of fused-ring (bicyclic) bond motifs is 1. The third kappa shape index (κ3) is 1.94. The number of aromatic nitrogens is 2. The van der Waals surface area contributed by atoms with Crippen LogP contribution in [0.3, 0.4) is 0 Å². The van der Waals surface area contributed by atoms with Crippen molar-refractivity contribution in [3.8, 4) is 0 Å². The number of benzene rings is 1. The van der Waals surface area contributed by atoms with Gasteiger partial charge in [0.1, 0.15) is 11.6 Å². The molecule has 17 heavy (non-hydrogen) atoms. The molecule has 1 aromatic carbocycles. The van der Waals surface area contributed by atoms with E-state index in [-0.39, 0.29) is 5.92 Å². The number of anilines is 1. The van der Waals surface area contributed by atoms with Crippen LogP contribution in [0, 0.1) is 0 Å². The highest BCUT2D eigenvalue weighted by Gasteiger charge is 2.21. The molecule has 1 aliphatic rings. The van der Waals surface area contributed by atoms with Gasteiger partial charge in [-0.15, -0.1) is 0 Å². The monoisotopic (exact) mass is 249 g/mol. The Hall–Kier alpha value is -1.39. The second kappa shape index (κ2) is 4.13. The molecule has 1 atom stereocenters. The average molecular weight is 250 g/mol. The van der Waals surface area contributed by atoms with Crippen molar-refractivity contribution in [3.05, 3.63) is 29.0 Å². The highest BCUT2D eigenvalue weighted by Crippen LogP contribution is 2.27. The molecule has 1 fully saturated rings. The third-order valence-electron chi connectivity index (χ3n) is 3.00. The Balaban J connectivity index is 2.14. The van der Waals surface area contributed by atoms with Gasteiger partial charge in [0.25, 0.3) is 0 Å². The first-order valence-electron chi connectivity index (χ1n) is 5.54. The lowest BCUT2D eigenvalue weighted by atomic mass is 10.1. The van der Waals surface area contributed by atoms with Crippen molar-refractivity contribution in [1.82, 2.24) is 9.97 Å². The van der Waals surface area contributed by atoms with Crippen LogP contribution in [0.2, 0.25) is 5.02 Å². The Labute approximate surface area is 104 Å². The summed E-state index contributed by atoms with van der Waals surface area (Å²) >= 11 is 5.96. The highest BCUT2D eigenvalue weighted by atomic mass is 35.5. The summed E-state index contributed by atoms with van der Waals surface area (Å²) in [5.74, 6) is 1.52. The highest BCUT2D eigenvalue weighted by molar-refractivity contribution is 6.31. The summed E-state index contributed by atoms with van der Waals surface area (Å²) in [4.78, 5) is 8.88. The number of rotatable bonds is 1. The molecule has 2 aromatic rings. The van der Waals surface area contributed by atoms with Gasteiger partial charge in [0, 0.05) is 22.9 Å². The zero-order valence-electron chi connectivity index (χ0n) is 9.19. The Bertz CT molecular complexity index is 567. The Morgan fingerprint density at radius 3 is 3.00 bits per heavy atom. The van der Waals surface area contributed by atoms with Gasteiger partial charge in [-0.25, -0.2) is 9.97 Å². The maximum Gasteiger partial charge on any atom is 0.136 e. The Kier molecular flexibility index (Phi) is 2.61. The molecule has 88 valence electrons. The standard InChI is InChI=1S/C12H12ClN3O/c13-8-1-2-9-10(5-8)15-12(16-11(9)14)7-3-4-17-6-7/h1-2,5,7H,3-4,6H2,(H2,14,15,16). The molecule has 0 bridgehead atoms. The van der Waals surface area contributed by atoms with E-state index in [9.17, 15) is 0 Å². The van der Waals surface area contributed by atoms with Crippen molar-refractivity contribution in [2.75, 3.05) is 18.9 Å². The van der Waals surface area contributed by atoms with Crippen LogP contribution in [0.4, 0.5) is 5.82 Å². The van der Waals surface area contributed by atoms with Gasteiger partial charge in [-0.1, -0.05) is 11.6 Å². The number of halogens is 1. The quantitative estimate of drug-likeness (QED) is 0.843. The van der Waals surface area contributed by atoms with Crippen molar-refractivity contribution in [3.63, 3.8) is 0 Å². The second-order valence-electron chi connectivity index (χ2n) is 4.19. The van der Waals surface area contributed by atoms with Crippen molar-refractivity contribution in [2.45, 2.75) is 12.3 Å². The van der Waals surface area contributed by atoms with E-state index in [2.05, 4.69) is 9.97 Å². The smallest absolute Gasteiger partial charge is 0.136 e.